The molecule has 0 aromatic carbocycles. The third-order valence-corrected chi connectivity index (χ3v) is 3.34. The fourth-order valence-electron chi connectivity index (χ4n) is 2.37. The third kappa shape index (κ3) is 5.80. The molecule has 1 aliphatic rings. The van der Waals surface area contributed by atoms with E-state index in [1.54, 1.807) is 6.92 Å². The smallest absolute Gasteiger partial charge is 0.305 e. The first kappa shape index (κ1) is 19.9. The van der Waals surface area contributed by atoms with Crippen LogP contribution < -0.4 is 0 Å². The maximum absolute atomic E-state index is 11.4. The van der Waals surface area contributed by atoms with E-state index in [0.717, 1.165) is 6.92 Å². The summed E-state index contributed by atoms with van der Waals surface area (Å²) in [5.41, 5.74) is 0. The van der Waals surface area contributed by atoms with E-state index in [1.807, 2.05) is 0 Å². The van der Waals surface area contributed by atoms with Crippen molar-refractivity contribution >= 4 is 23.9 Å². The average Bonchev–Trinajstić information content (AvgIpc) is 2.42. The Hall–Kier alpha value is -2.16. The normalized spacial score (nSPS) is 29.3. The highest BCUT2D eigenvalue weighted by Gasteiger charge is 2.49. The van der Waals surface area contributed by atoms with Crippen molar-refractivity contribution in [2.45, 2.75) is 59.2 Å². The molecule has 9 heteroatoms. The monoisotopic (exact) mass is 346 g/mol. The SMILES string of the molecule is CC(=O)OC[C@H]1O[C@H](OC(C)=O)[C@@H](OC(C)=O)[C@@H](OC(C)=O)[C@@H]1C. The second-order valence-electron chi connectivity index (χ2n) is 5.46. The molecule has 1 heterocycles. The lowest BCUT2D eigenvalue weighted by molar-refractivity contribution is -0.286. The van der Waals surface area contributed by atoms with Crippen molar-refractivity contribution in [3.8, 4) is 0 Å². The Balaban J connectivity index is 3.07. The summed E-state index contributed by atoms with van der Waals surface area (Å²) in [5.74, 6) is -2.91. The van der Waals surface area contributed by atoms with Gasteiger partial charge in [0.15, 0.2) is 0 Å². The van der Waals surface area contributed by atoms with Gasteiger partial charge in [-0.3, -0.25) is 19.2 Å². The molecule has 0 radical (unpaired) electrons. The summed E-state index contributed by atoms with van der Waals surface area (Å²) in [6.45, 7) is 6.33. The van der Waals surface area contributed by atoms with Crippen LogP contribution in [0.3, 0.4) is 0 Å². The van der Waals surface area contributed by atoms with Crippen molar-refractivity contribution in [3.05, 3.63) is 0 Å². The average molecular weight is 346 g/mol. The number of carbonyl (C=O) groups excluding carboxylic acids is 4. The van der Waals surface area contributed by atoms with Crippen LogP contribution in [-0.2, 0) is 42.9 Å². The van der Waals surface area contributed by atoms with E-state index >= 15 is 0 Å². The molecular weight excluding hydrogens is 324 g/mol. The fourth-order valence-corrected chi connectivity index (χ4v) is 2.37. The lowest BCUT2D eigenvalue weighted by Gasteiger charge is -2.43. The number of hydrogen-bond donors (Lipinski definition) is 0. The Morgan fingerprint density at radius 2 is 1.29 bits per heavy atom. The van der Waals surface area contributed by atoms with E-state index in [1.165, 1.54) is 20.8 Å². The molecule has 1 aliphatic heterocycles. The van der Waals surface area contributed by atoms with Crippen LogP contribution in [-0.4, -0.2) is 55.1 Å². The Bertz CT molecular complexity index is 501. The minimum Gasteiger partial charge on any atom is -0.463 e. The first-order valence-electron chi connectivity index (χ1n) is 7.42. The summed E-state index contributed by atoms with van der Waals surface area (Å²) in [6.07, 6.45) is -4.05. The van der Waals surface area contributed by atoms with Crippen LogP contribution in [0, 0.1) is 5.92 Å². The zero-order chi connectivity index (χ0) is 18.4. The van der Waals surface area contributed by atoms with Crippen molar-refractivity contribution in [2.24, 2.45) is 5.92 Å². The van der Waals surface area contributed by atoms with Crippen LogP contribution in [0.2, 0.25) is 0 Å². The van der Waals surface area contributed by atoms with Crippen LogP contribution in [0.4, 0.5) is 0 Å². The minimum absolute atomic E-state index is 0.126. The van der Waals surface area contributed by atoms with E-state index < -0.39 is 54.4 Å². The Kier molecular flexibility index (Phi) is 7.15. The molecule has 1 fully saturated rings. The first-order valence-corrected chi connectivity index (χ1v) is 7.42. The van der Waals surface area contributed by atoms with Crippen molar-refractivity contribution in [2.75, 3.05) is 6.61 Å². The molecule has 0 bridgehead atoms. The largest absolute Gasteiger partial charge is 0.463 e. The summed E-state index contributed by atoms with van der Waals surface area (Å²) in [7, 11) is 0. The predicted octanol–water partition coefficient (Wildman–Crippen LogP) is 0.337. The van der Waals surface area contributed by atoms with E-state index in [-0.39, 0.29) is 6.61 Å². The van der Waals surface area contributed by atoms with Gasteiger partial charge in [0.2, 0.25) is 12.4 Å². The van der Waals surface area contributed by atoms with E-state index in [0.29, 0.717) is 0 Å². The van der Waals surface area contributed by atoms with Gasteiger partial charge in [-0.15, -0.1) is 0 Å². The minimum atomic E-state index is -1.28. The number of ether oxygens (including phenoxy) is 5. The van der Waals surface area contributed by atoms with E-state index in [4.69, 9.17) is 23.7 Å². The number of hydrogen-bond acceptors (Lipinski definition) is 9. The van der Waals surface area contributed by atoms with Gasteiger partial charge in [-0.05, 0) is 0 Å². The molecule has 136 valence electrons. The molecule has 0 aromatic heterocycles. The van der Waals surface area contributed by atoms with Gasteiger partial charge in [-0.1, -0.05) is 6.92 Å². The molecule has 5 atom stereocenters. The van der Waals surface area contributed by atoms with Crippen molar-refractivity contribution in [1.29, 1.82) is 0 Å². The van der Waals surface area contributed by atoms with Crippen LogP contribution in [0.1, 0.15) is 34.6 Å². The van der Waals surface area contributed by atoms with Crippen molar-refractivity contribution in [1.82, 2.24) is 0 Å². The number of carbonyl (C=O) groups is 4. The summed E-state index contributed by atoms with van der Waals surface area (Å²) in [5, 5.41) is 0. The van der Waals surface area contributed by atoms with Gasteiger partial charge in [-0.2, -0.15) is 0 Å². The maximum Gasteiger partial charge on any atom is 0.305 e. The lowest BCUT2D eigenvalue weighted by atomic mass is 9.90. The van der Waals surface area contributed by atoms with Crippen LogP contribution in [0.5, 0.6) is 0 Å². The summed E-state index contributed by atoms with van der Waals surface area (Å²) < 4.78 is 25.9. The Morgan fingerprint density at radius 1 is 0.792 bits per heavy atom. The zero-order valence-corrected chi connectivity index (χ0v) is 14.3. The molecule has 0 spiro atoms. The fraction of sp³-hybridized carbons (Fsp3) is 0.733. The summed E-state index contributed by atoms with van der Waals surface area (Å²) in [4.78, 5) is 45.0. The van der Waals surface area contributed by atoms with E-state index in [2.05, 4.69) is 0 Å². The second kappa shape index (κ2) is 8.62. The van der Waals surface area contributed by atoms with Gasteiger partial charge in [0.1, 0.15) is 18.8 Å². The van der Waals surface area contributed by atoms with Gasteiger partial charge >= 0.3 is 23.9 Å². The zero-order valence-electron chi connectivity index (χ0n) is 14.3. The highest BCUT2D eigenvalue weighted by molar-refractivity contribution is 5.68. The summed E-state index contributed by atoms with van der Waals surface area (Å²) in [6, 6.07) is 0. The van der Waals surface area contributed by atoms with Crippen molar-refractivity contribution < 1.29 is 42.9 Å². The van der Waals surface area contributed by atoms with Crippen molar-refractivity contribution in [3.63, 3.8) is 0 Å². The van der Waals surface area contributed by atoms with Gasteiger partial charge < -0.3 is 23.7 Å². The third-order valence-electron chi connectivity index (χ3n) is 3.34. The Morgan fingerprint density at radius 3 is 1.75 bits per heavy atom. The maximum atomic E-state index is 11.4. The molecule has 1 rings (SSSR count). The molecule has 0 aliphatic carbocycles. The van der Waals surface area contributed by atoms with Gasteiger partial charge in [0.05, 0.1) is 0 Å². The molecule has 0 N–H and O–H groups in total. The van der Waals surface area contributed by atoms with Crippen LogP contribution in [0.25, 0.3) is 0 Å². The highest BCUT2D eigenvalue weighted by atomic mass is 16.7. The van der Waals surface area contributed by atoms with E-state index in [9.17, 15) is 19.2 Å². The number of rotatable bonds is 5. The lowest BCUT2D eigenvalue weighted by Crippen LogP contribution is -2.58. The van der Waals surface area contributed by atoms with Crippen LogP contribution in [0.15, 0.2) is 0 Å². The molecule has 0 aromatic rings. The number of esters is 4. The second-order valence-corrected chi connectivity index (χ2v) is 5.46. The first-order chi connectivity index (χ1) is 11.1. The molecule has 24 heavy (non-hydrogen) atoms. The molecular formula is C15H22O9. The Labute approximate surface area is 139 Å². The quantitative estimate of drug-likeness (QED) is 0.513. The molecule has 0 saturated carbocycles. The van der Waals surface area contributed by atoms with Crippen LogP contribution >= 0.6 is 0 Å². The highest BCUT2D eigenvalue weighted by Crippen LogP contribution is 2.31. The molecule has 1 saturated heterocycles. The summed E-state index contributed by atoms with van der Waals surface area (Å²) >= 11 is 0. The predicted molar refractivity (Wildman–Crippen MR) is 77.3 cm³/mol. The standard InChI is InChI=1S/C15H22O9/c1-7-12(6-20-8(2)16)24-15(23-11(5)19)14(22-10(4)18)13(7)21-9(3)17/h7,12-15H,6H2,1-5H3/t7-,12-,13+,14+,15+/m1/s1. The van der Waals surface area contributed by atoms with Gasteiger partial charge in [0, 0.05) is 33.6 Å². The topological polar surface area (TPSA) is 114 Å². The molecule has 0 amide bonds. The van der Waals surface area contributed by atoms with Gasteiger partial charge in [0.25, 0.3) is 0 Å². The molecule has 0 unspecified atom stereocenters. The van der Waals surface area contributed by atoms with Gasteiger partial charge in [-0.25, -0.2) is 0 Å². The molecule has 9 nitrogen and oxygen atoms in total.